The molecule has 1 aromatic carbocycles. The van der Waals surface area contributed by atoms with Crippen LogP contribution in [0.3, 0.4) is 0 Å². The van der Waals surface area contributed by atoms with Crippen LogP contribution in [0.5, 0.6) is 0 Å². The van der Waals surface area contributed by atoms with E-state index in [-0.39, 0.29) is 5.91 Å². The normalized spacial score (nSPS) is 22.6. The molecule has 0 aromatic heterocycles. The van der Waals surface area contributed by atoms with E-state index in [1.807, 2.05) is 6.92 Å². The van der Waals surface area contributed by atoms with Crippen molar-refractivity contribution in [2.24, 2.45) is 5.92 Å². The summed E-state index contributed by atoms with van der Waals surface area (Å²) in [6.07, 6.45) is 1.32. The van der Waals surface area contributed by atoms with Gasteiger partial charge in [-0.1, -0.05) is 18.5 Å². The van der Waals surface area contributed by atoms with E-state index in [0.29, 0.717) is 29.5 Å². The van der Waals surface area contributed by atoms with Crippen molar-refractivity contribution in [3.8, 4) is 0 Å². The van der Waals surface area contributed by atoms with Gasteiger partial charge >= 0.3 is 5.97 Å². The number of halogens is 2. The number of carbonyl (C=O) groups is 2. The molecule has 2 rings (SSSR count). The highest BCUT2D eigenvalue weighted by atomic mass is 127. The Balaban J connectivity index is 2.31. The molecule has 1 heterocycles. The molecular formula is C14H15ClINO3. The first kappa shape index (κ1) is 15.6. The van der Waals surface area contributed by atoms with Crippen molar-refractivity contribution >= 4 is 46.1 Å². The van der Waals surface area contributed by atoms with Crippen molar-refractivity contribution < 1.29 is 14.7 Å². The second-order valence-corrected chi connectivity index (χ2v) is 6.70. The SMILES string of the molecule is CC1CCN(C(=O)c2cc(Cl)ccc2I)C(C(=O)O)C1. The quantitative estimate of drug-likeness (QED) is 0.766. The molecule has 1 aliphatic heterocycles. The molecule has 0 aliphatic carbocycles. The van der Waals surface area contributed by atoms with Crippen LogP contribution in [0.4, 0.5) is 0 Å². The fourth-order valence-corrected chi connectivity index (χ4v) is 3.17. The first-order valence-electron chi connectivity index (χ1n) is 6.39. The second kappa shape index (κ2) is 6.30. The minimum Gasteiger partial charge on any atom is -0.480 e. The van der Waals surface area contributed by atoms with Crippen molar-refractivity contribution in [2.45, 2.75) is 25.8 Å². The number of benzene rings is 1. The lowest BCUT2D eigenvalue weighted by Crippen LogP contribution is -2.49. The zero-order chi connectivity index (χ0) is 14.9. The Bertz CT molecular complexity index is 549. The number of aliphatic carboxylic acids is 1. The van der Waals surface area contributed by atoms with Crippen molar-refractivity contribution in [1.82, 2.24) is 4.90 Å². The molecule has 6 heteroatoms. The van der Waals surface area contributed by atoms with Gasteiger partial charge in [0.1, 0.15) is 6.04 Å². The number of piperidine rings is 1. The molecule has 0 bridgehead atoms. The van der Waals surface area contributed by atoms with Crippen LogP contribution in [0.15, 0.2) is 18.2 Å². The lowest BCUT2D eigenvalue weighted by Gasteiger charge is -2.36. The Kier molecular flexibility index (Phi) is 4.90. The first-order valence-corrected chi connectivity index (χ1v) is 7.84. The van der Waals surface area contributed by atoms with Gasteiger partial charge in [0.05, 0.1) is 5.56 Å². The van der Waals surface area contributed by atoms with Crippen LogP contribution in [0.25, 0.3) is 0 Å². The third-order valence-electron chi connectivity index (χ3n) is 3.57. The Morgan fingerprint density at radius 1 is 1.45 bits per heavy atom. The van der Waals surface area contributed by atoms with Gasteiger partial charge in [-0.3, -0.25) is 4.79 Å². The number of hydrogen-bond acceptors (Lipinski definition) is 2. The Labute approximate surface area is 136 Å². The van der Waals surface area contributed by atoms with E-state index in [1.165, 1.54) is 4.90 Å². The molecule has 0 spiro atoms. The second-order valence-electron chi connectivity index (χ2n) is 5.11. The molecule has 0 radical (unpaired) electrons. The summed E-state index contributed by atoms with van der Waals surface area (Å²) >= 11 is 7.99. The van der Waals surface area contributed by atoms with Crippen LogP contribution in [0.1, 0.15) is 30.1 Å². The van der Waals surface area contributed by atoms with Crippen molar-refractivity contribution in [3.05, 3.63) is 32.4 Å². The number of carboxylic acids is 1. The summed E-state index contributed by atoms with van der Waals surface area (Å²) in [6.45, 7) is 2.49. The lowest BCUT2D eigenvalue weighted by atomic mass is 9.92. The molecule has 1 N–H and O–H groups in total. The van der Waals surface area contributed by atoms with E-state index < -0.39 is 12.0 Å². The standard InChI is InChI=1S/C14H15ClINO3/c1-8-4-5-17(12(6-8)14(19)20)13(18)10-7-9(15)2-3-11(10)16/h2-3,7-8,12H,4-6H2,1H3,(H,19,20). The monoisotopic (exact) mass is 407 g/mol. The third kappa shape index (κ3) is 3.25. The van der Waals surface area contributed by atoms with Gasteiger partial charge in [-0.05, 0) is 59.5 Å². The molecule has 4 nitrogen and oxygen atoms in total. The molecule has 1 fully saturated rings. The maximum Gasteiger partial charge on any atom is 0.326 e. The Morgan fingerprint density at radius 3 is 2.80 bits per heavy atom. The summed E-state index contributed by atoms with van der Waals surface area (Å²) in [5, 5.41) is 9.80. The Morgan fingerprint density at radius 2 is 2.15 bits per heavy atom. The largest absolute Gasteiger partial charge is 0.480 e. The van der Waals surface area contributed by atoms with E-state index in [4.69, 9.17) is 11.6 Å². The van der Waals surface area contributed by atoms with Crippen LogP contribution in [-0.2, 0) is 4.79 Å². The number of hydrogen-bond donors (Lipinski definition) is 1. The molecule has 1 amide bonds. The van der Waals surface area contributed by atoms with E-state index >= 15 is 0 Å². The smallest absolute Gasteiger partial charge is 0.326 e. The minimum atomic E-state index is -0.943. The summed E-state index contributed by atoms with van der Waals surface area (Å²) in [7, 11) is 0. The van der Waals surface area contributed by atoms with E-state index in [9.17, 15) is 14.7 Å². The zero-order valence-electron chi connectivity index (χ0n) is 11.0. The maximum atomic E-state index is 12.6. The predicted molar refractivity (Wildman–Crippen MR) is 85.0 cm³/mol. The van der Waals surface area contributed by atoms with Crippen LogP contribution in [-0.4, -0.2) is 34.5 Å². The predicted octanol–water partition coefficient (Wildman–Crippen LogP) is 3.27. The summed E-state index contributed by atoms with van der Waals surface area (Å²) in [4.78, 5) is 25.4. The molecule has 20 heavy (non-hydrogen) atoms. The number of likely N-dealkylation sites (tertiary alicyclic amines) is 1. The van der Waals surface area contributed by atoms with Crippen molar-refractivity contribution in [3.63, 3.8) is 0 Å². The number of rotatable bonds is 2. The average molecular weight is 408 g/mol. The number of amides is 1. The van der Waals surface area contributed by atoms with Crippen LogP contribution >= 0.6 is 34.2 Å². The Hall–Kier alpha value is -0.820. The van der Waals surface area contributed by atoms with Gasteiger partial charge in [0.25, 0.3) is 5.91 Å². The fourth-order valence-electron chi connectivity index (χ4n) is 2.43. The molecule has 1 saturated heterocycles. The number of carboxylic acid groups (broad SMARTS) is 1. The van der Waals surface area contributed by atoms with Gasteiger partial charge in [0, 0.05) is 15.1 Å². The molecule has 2 unspecified atom stereocenters. The van der Waals surface area contributed by atoms with Crippen LogP contribution < -0.4 is 0 Å². The zero-order valence-corrected chi connectivity index (χ0v) is 13.9. The third-order valence-corrected chi connectivity index (χ3v) is 4.75. The molecule has 1 aromatic rings. The van der Waals surface area contributed by atoms with Gasteiger partial charge in [0.2, 0.25) is 0 Å². The lowest BCUT2D eigenvalue weighted by molar-refractivity contribution is -0.144. The van der Waals surface area contributed by atoms with Crippen molar-refractivity contribution in [1.29, 1.82) is 0 Å². The highest BCUT2D eigenvalue weighted by Crippen LogP contribution is 2.26. The van der Waals surface area contributed by atoms with Gasteiger partial charge in [-0.15, -0.1) is 0 Å². The van der Waals surface area contributed by atoms with E-state index in [0.717, 1.165) is 9.99 Å². The van der Waals surface area contributed by atoms with E-state index in [2.05, 4.69) is 22.6 Å². The average Bonchev–Trinajstić information content (AvgIpc) is 2.40. The number of carbonyl (C=O) groups excluding carboxylic acids is 1. The molecule has 108 valence electrons. The molecular weight excluding hydrogens is 393 g/mol. The number of nitrogens with zero attached hydrogens (tertiary/aromatic N) is 1. The first-order chi connectivity index (χ1) is 9.40. The molecule has 1 aliphatic rings. The fraction of sp³-hybridized carbons (Fsp3) is 0.429. The highest BCUT2D eigenvalue weighted by Gasteiger charge is 2.35. The van der Waals surface area contributed by atoms with Gasteiger partial charge in [-0.2, -0.15) is 0 Å². The van der Waals surface area contributed by atoms with Crippen LogP contribution in [0, 0.1) is 9.49 Å². The maximum absolute atomic E-state index is 12.6. The minimum absolute atomic E-state index is 0.254. The summed E-state index contributed by atoms with van der Waals surface area (Å²) in [6, 6.07) is 4.33. The molecule has 2 atom stereocenters. The van der Waals surface area contributed by atoms with Gasteiger partial charge < -0.3 is 10.0 Å². The van der Waals surface area contributed by atoms with Gasteiger partial charge in [-0.25, -0.2) is 4.79 Å². The van der Waals surface area contributed by atoms with E-state index in [1.54, 1.807) is 18.2 Å². The molecule has 0 saturated carbocycles. The summed E-state index contributed by atoms with van der Waals surface area (Å²) in [5.74, 6) is -0.878. The van der Waals surface area contributed by atoms with Gasteiger partial charge in [0.15, 0.2) is 0 Å². The highest BCUT2D eigenvalue weighted by molar-refractivity contribution is 14.1. The van der Waals surface area contributed by atoms with Crippen LogP contribution in [0.2, 0.25) is 5.02 Å². The summed E-state index contributed by atoms with van der Waals surface area (Å²) < 4.78 is 0.778. The van der Waals surface area contributed by atoms with Crippen molar-refractivity contribution in [2.75, 3.05) is 6.54 Å². The topological polar surface area (TPSA) is 57.6 Å². The summed E-state index contributed by atoms with van der Waals surface area (Å²) in [5.41, 5.74) is 0.471.